The molecule has 19 heavy (non-hydrogen) atoms. The predicted molar refractivity (Wildman–Crippen MR) is 78.8 cm³/mol. The summed E-state index contributed by atoms with van der Waals surface area (Å²) in [6, 6.07) is 5.10. The maximum atomic E-state index is 13.0. The van der Waals surface area contributed by atoms with Crippen LogP contribution in [0.4, 0.5) is 4.39 Å². The Morgan fingerprint density at radius 1 is 1.32 bits per heavy atom. The average Bonchev–Trinajstić information content (AvgIpc) is 2.37. The zero-order chi connectivity index (χ0) is 13.7. The Morgan fingerprint density at radius 2 is 2.16 bits per heavy atom. The van der Waals surface area contributed by atoms with Crippen LogP contribution >= 0.6 is 0 Å². The van der Waals surface area contributed by atoms with E-state index in [4.69, 9.17) is 0 Å². The summed E-state index contributed by atoms with van der Waals surface area (Å²) in [6.07, 6.45) is 6.56. The van der Waals surface area contributed by atoms with Crippen molar-refractivity contribution in [3.05, 3.63) is 35.1 Å². The van der Waals surface area contributed by atoms with E-state index in [0.29, 0.717) is 0 Å². The van der Waals surface area contributed by atoms with Gasteiger partial charge in [-0.25, -0.2) is 4.39 Å². The van der Waals surface area contributed by atoms with Crippen molar-refractivity contribution in [2.75, 3.05) is 13.1 Å². The van der Waals surface area contributed by atoms with Crippen LogP contribution in [0.2, 0.25) is 0 Å². The SMILES string of the molecule is Cc1cc(F)ccc1CCNCC1CCCC(C)C1. The van der Waals surface area contributed by atoms with Gasteiger partial charge in [-0.1, -0.05) is 25.8 Å². The molecule has 1 saturated carbocycles. The fraction of sp³-hybridized carbons (Fsp3) is 0.647. The smallest absolute Gasteiger partial charge is 0.123 e. The summed E-state index contributed by atoms with van der Waals surface area (Å²) in [4.78, 5) is 0. The first-order chi connectivity index (χ1) is 9.15. The molecule has 0 saturated heterocycles. The summed E-state index contributed by atoms with van der Waals surface area (Å²) in [5.74, 6) is 1.63. The van der Waals surface area contributed by atoms with Gasteiger partial charge in [-0.3, -0.25) is 0 Å². The number of nitrogens with one attached hydrogen (secondary N) is 1. The van der Waals surface area contributed by atoms with E-state index in [9.17, 15) is 4.39 Å². The molecule has 2 unspecified atom stereocenters. The molecule has 1 aromatic carbocycles. The molecule has 0 radical (unpaired) electrons. The Labute approximate surface area is 116 Å². The van der Waals surface area contributed by atoms with Gasteiger partial charge < -0.3 is 5.32 Å². The lowest BCUT2D eigenvalue weighted by molar-refractivity contribution is 0.275. The third-order valence-corrected chi connectivity index (χ3v) is 4.35. The molecule has 0 spiro atoms. The van der Waals surface area contributed by atoms with Gasteiger partial charge >= 0.3 is 0 Å². The van der Waals surface area contributed by atoms with E-state index in [1.807, 2.05) is 13.0 Å². The normalized spacial score (nSPS) is 23.5. The van der Waals surface area contributed by atoms with E-state index in [1.165, 1.54) is 31.2 Å². The molecule has 0 aliphatic heterocycles. The highest BCUT2D eigenvalue weighted by molar-refractivity contribution is 5.26. The summed E-state index contributed by atoms with van der Waals surface area (Å²) in [5, 5.41) is 3.57. The number of halogens is 1. The summed E-state index contributed by atoms with van der Waals surface area (Å²) in [6.45, 7) is 6.50. The fourth-order valence-corrected chi connectivity index (χ4v) is 3.21. The Bertz CT molecular complexity index is 402. The van der Waals surface area contributed by atoms with Crippen molar-refractivity contribution < 1.29 is 4.39 Å². The molecule has 1 nitrogen and oxygen atoms in total. The molecular formula is C17H26FN. The van der Waals surface area contributed by atoms with E-state index in [-0.39, 0.29) is 5.82 Å². The van der Waals surface area contributed by atoms with Crippen molar-refractivity contribution in [2.45, 2.75) is 46.0 Å². The number of aryl methyl sites for hydroxylation is 1. The van der Waals surface area contributed by atoms with Crippen molar-refractivity contribution in [1.82, 2.24) is 5.32 Å². The van der Waals surface area contributed by atoms with Crippen LogP contribution in [0.3, 0.4) is 0 Å². The van der Waals surface area contributed by atoms with Gasteiger partial charge in [0.2, 0.25) is 0 Å². The summed E-state index contributed by atoms with van der Waals surface area (Å²) in [5.41, 5.74) is 2.32. The summed E-state index contributed by atoms with van der Waals surface area (Å²) in [7, 11) is 0. The van der Waals surface area contributed by atoms with E-state index >= 15 is 0 Å². The molecule has 1 fully saturated rings. The Morgan fingerprint density at radius 3 is 2.89 bits per heavy atom. The van der Waals surface area contributed by atoms with Gasteiger partial charge in [0.25, 0.3) is 0 Å². The molecule has 106 valence electrons. The van der Waals surface area contributed by atoms with Crippen LogP contribution in [0.15, 0.2) is 18.2 Å². The van der Waals surface area contributed by atoms with E-state index in [1.54, 1.807) is 12.1 Å². The molecule has 1 aliphatic rings. The van der Waals surface area contributed by atoms with E-state index < -0.39 is 0 Å². The standard InChI is InChI=1S/C17H26FN/c1-13-4-3-5-15(10-13)12-19-9-8-16-6-7-17(18)11-14(16)2/h6-7,11,13,15,19H,3-5,8-10,12H2,1-2H3. The van der Waals surface area contributed by atoms with Crippen molar-refractivity contribution in [3.8, 4) is 0 Å². The molecule has 0 aromatic heterocycles. The van der Waals surface area contributed by atoms with E-state index in [2.05, 4.69) is 12.2 Å². The number of benzene rings is 1. The highest BCUT2D eigenvalue weighted by Crippen LogP contribution is 2.27. The van der Waals surface area contributed by atoms with Gasteiger partial charge in [-0.2, -0.15) is 0 Å². The summed E-state index contributed by atoms with van der Waals surface area (Å²) >= 11 is 0. The third kappa shape index (κ3) is 4.61. The minimum absolute atomic E-state index is 0.134. The maximum Gasteiger partial charge on any atom is 0.123 e. The molecule has 0 amide bonds. The Balaban J connectivity index is 1.69. The lowest BCUT2D eigenvalue weighted by Crippen LogP contribution is -2.28. The van der Waals surface area contributed by atoms with Gasteiger partial charge in [0.05, 0.1) is 0 Å². The highest BCUT2D eigenvalue weighted by Gasteiger charge is 2.18. The van der Waals surface area contributed by atoms with Crippen LogP contribution in [0.1, 0.15) is 43.7 Å². The fourth-order valence-electron chi connectivity index (χ4n) is 3.21. The first kappa shape index (κ1) is 14.5. The molecule has 0 bridgehead atoms. The lowest BCUT2D eigenvalue weighted by Gasteiger charge is -2.26. The first-order valence-electron chi connectivity index (χ1n) is 7.61. The second-order valence-electron chi connectivity index (χ2n) is 6.16. The molecule has 1 aliphatic carbocycles. The maximum absolute atomic E-state index is 13.0. The molecule has 1 N–H and O–H groups in total. The van der Waals surface area contributed by atoms with E-state index in [0.717, 1.165) is 36.9 Å². The van der Waals surface area contributed by atoms with Crippen molar-refractivity contribution in [2.24, 2.45) is 11.8 Å². The van der Waals surface area contributed by atoms with Gasteiger partial charge in [-0.05, 0) is 74.4 Å². The third-order valence-electron chi connectivity index (χ3n) is 4.35. The van der Waals surface area contributed by atoms with Crippen LogP contribution in [0.25, 0.3) is 0 Å². The molecule has 1 aromatic rings. The topological polar surface area (TPSA) is 12.0 Å². The Hall–Kier alpha value is -0.890. The van der Waals surface area contributed by atoms with Crippen molar-refractivity contribution in [1.29, 1.82) is 0 Å². The van der Waals surface area contributed by atoms with Gasteiger partial charge in [-0.15, -0.1) is 0 Å². The largest absolute Gasteiger partial charge is 0.316 e. The van der Waals surface area contributed by atoms with Gasteiger partial charge in [0, 0.05) is 0 Å². The molecule has 2 atom stereocenters. The highest BCUT2D eigenvalue weighted by atomic mass is 19.1. The number of hydrogen-bond acceptors (Lipinski definition) is 1. The second kappa shape index (κ2) is 7.04. The molecule has 2 heteroatoms. The van der Waals surface area contributed by atoms with Crippen LogP contribution in [-0.2, 0) is 6.42 Å². The first-order valence-corrected chi connectivity index (χ1v) is 7.61. The Kier molecular flexibility index (Phi) is 5.38. The zero-order valence-corrected chi connectivity index (χ0v) is 12.2. The number of rotatable bonds is 5. The van der Waals surface area contributed by atoms with Crippen molar-refractivity contribution in [3.63, 3.8) is 0 Å². The molecule has 0 heterocycles. The quantitative estimate of drug-likeness (QED) is 0.789. The van der Waals surface area contributed by atoms with Crippen LogP contribution < -0.4 is 5.32 Å². The number of hydrogen-bond donors (Lipinski definition) is 1. The lowest BCUT2D eigenvalue weighted by atomic mass is 9.82. The average molecular weight is 263 g/mol. The zero-order valence-electron chi connectivity index (χ0n) is 12.2. The summed E-state index contributed by atoms with van der Waals surface area (Å²) < 4.78 is 13.0. The monoisotopic (exact) mass is 263 g/mol. The van der Waals surface area contributed by atoms with Crippen LogP contribution in [0, 0.1) is 24.6 Å². The van der Waals surface area contributed by atoms with Crippen LogP contribution in [0.5, 0.6) is 0 Å². The van der Waals surface area contributed by atoms with Crippen molar-refractivity contribution >= 4 is 0 Å². The van der Waals surface area contributed by atoms with Gasteiger partial charge in [0.1, 0.15) is 5.82 Å². The predicted octanol–water partition coefficient (Wildman–Crippen LogP) is 4.09. The second-order valence-corrected chi connectivity index (χ2v) is 6.16. The molecular weight excluding hydrogens is 237 g/mol. The van der Waals surface area contributed by atoms with Crippen LogP contribution in [-0.4, -0.2) is 13.1 Å². The van der Waals surface area contributed by atoms with Gasteiger partial charge in [0.15, 0.2) is 0 Å². The minimum Gasteiger partial charge on any atom is -0.316 e. The minimum atomic E-state index is -0.134. The molecule has 2 rings (SSSR count).